The second kappa shape index (κ2) is 8.43. The van der Waals surface area contributed by atoms with Crippen LogP contribution in [0.15, 0.2) is 23.7 Å². The molecule has 0 saturated carbocycles. The molecule has 0 heterocycles. The molecule has 0 aliphatic rings. The van der Waals surface area contributed by atoms with Crippen LogP contribution in [-0.2, 0) is 4.74 Å². The maximum absolute atomic E-state index is 5.90. The molecular weight excluding hydrogens is 196 g/mol. The van der Waals surface area contributed by atoms with Crippen molar-refractivity contribution in [2.75, 3.05) is 0 Å². The van der Waals surface area contributed by atoms with Gasteiger partial charge in [-0.2, -0.15) is 0 Å². The fourth-order valence-corrected chi connectivity index (χ4v) is 1.28. The molecule has 1 nitrogen and oxygen atoms in total. The molecule has 0 spiro atoms. The molecule has 1 heteroatoms. The Morgan fingerprint density at radius 2 is 1.44 bits per heavy atom. The van der Waals surface area contributed by atoms with Crippen LogP contribution in [0.3, 0.4) is 0 Å². The molecule has 0 rings (SSSR count). The fraction of sp³-hybridized carbons (Fsp3) is 0.733. The first-order valence-corrected chi connectivity index (χ1v) is 6.33. The van der Waals surface area contributed by atoms with Crippen LogP contribution in [0.2, 0.25) is 0 Å². The molecule has 0 unspecified atom stereocenters. The van der Waals surface area contributed by atoms with Gasteiger partial charge in [0, 0.05) is 11.3 Å². The van der Waals surface area contributed by atoms with E-state index in [2.05, 4.69) is 34.6 Å². The lowest BCUT2D eigenvalue weighted by atomic mass is 9.93. The molecule has 0 N–H and O–H groups in total. The van der Waals surface area contributed by atoms with E-state index in [4.69, 9.17) is 4.74 Å². The van der Waals surface area contributed by atoms with E-state index in [1.165, 1.54) is 0 Å². The molecule has 0 atom stereocenters. The van der Waals surface area contributed by atoms with Crippen molar-refractivity contribution in [3.8, 4) is 0 Å². The van der Waals surface area contributed by atoms with Gasteiger partial charge in [0.15, 0.2) is 0 Å². The topological polar surface area (TPSA) is 9.23 Å². The van der Waals surface area contributed by atoms with Gasteiger partial charge in [0.1, 0.15) is 11.5 Å². The van der Waals surface area contributed by atoms with Gasteiger partial charge in [-0.1, -0.05) is 48.5 Å². The molecule has 0 fully saturated rings. The number of ether oxygens (including phenoxy) is 1. The zero-order valence-corrected chi connectivity index (χ0v) is 12.6. The lowest BCUT2D eigenvalue weighted by molar-refractivity contribution is 0.193. The van der Waals surface area contributed by atoms with Crippen molar-refractivity contribution in [2.24, 2.45) is 11.3 Å². The molecular formula is C15H30O. The highest BCUT2D eigenvalue weighted by molar-refractivity contribution is 5.07. The first-order valence-electron chi connectivity index (χ1n) is 6.33. The average Bonchev–Trinajstić information content (AvgIpc) is 2.20. The highest BCUT2D eigenvalue weighted by atomic mass is 16.5. The lowest BCUT2D eigenvalue weighted by Gasteiger charge is -2.25. The summed E-state index contributed by atoms with van der Waals surface area (Å²) in [5.74, 6) is 2.53. The molecule has 0 bridgehead atoms. The van der Waals surface area contributed by atoms with Gasteiger partial charge >= 0.3 is 0 Å². The third kappa shape index (κ3) is 6.71. The minimum atomic E-state index is 0.0813. The van der Waals surface area contributed by atoms with E-state index in [9.17, 15) is 0 Å². The highest BCUT2D eigenvalue weighted by Gasteiger charge is 2.19. The molecule has 0 aromatic carbocycles. The van der Waals surface area contributed by atoms with Gasteiger partial charge in [0.2, 0.25) is 0 Å². The van der Waals surface area contributed by atoms with Crippen molar-refractivity contribution in [3.63, 3.8) is 0 Å². The van der Waals surface area contributed by atoms with E-state index in [-0.39, 0.29) is 5.41 Å². The second-order valence-electron chi connectivity index (χ2n) is 4.85. The predicted octanol–water partition coefficient (Wildman–Crippen LogP) is 5.54. The predicted molar refractivity (Wildman–Crippen MR) is 74.2 cm³/mol. The molecule has 0 aliphatic carbocycles. The van der Waals surface area contributed by atoms with E-state index >= 15 is 0 Å². The van der Waals surface area contributed by atoms with E-state index in [0.29, 0.717) is 5.92 Å². The summed E-state index contributed by atoms with van der Waals surface area (Å²) in [4.78, 5) is 0. The zero-order valence-electron chi connectivity index (χ0n) is 12.6. The SMILES string of the molecule is C/C=C(\O/C(=C\C)C(C)(C)C)C(C)C.CC. The van der Waals surface area contributed by atoms with Crippen molar-refractivity contribution in [1.29, 1.82) is 0 Å². The summed E-state index contributed by atoms with van der Waals surface area (Å²) in [5.41, 5.74) is 0.0813. The Labute approximate surface area is 103 Å². The van der Waals surface area contributed by atoms with Gasteiger partial charge in [-0.15, -0.1) is 0 Å². The largest absolute Gasteiger partial charge is 0.466 e. The normalized spacial score (nSPS) is 13.4. The van der Waals surface area contributed by atoms with Crippen molar-refractivity contribution in [3.05, 3.63) is 23.7 Å². The summed E-state index contributed by atoms with van der Waals surface area (Å²) in [6, 6.07) is 0. The molecule has 0 aromatic heterocycles. The van der Waals surface area contributed by atoms with Crippen LogP contribution in [0, 0.1) is 11.3 Å². The maximum atomic E-state index is 5.90. The average molecular weight is 226 g/mol. The fourth-order valence-electron chi connectivity index (χ4n) is 1.28. The Bertz CT molecular complexity index is 226. The Morgan fingerprint density at radius 1 is 1.00 bits per heavy atom. The minimum absolute atomic E-state index is 0.0813. The van der Waals surface area contributed by atoms with Crippen LogP contribution in [0.25, 0.3) is 0 Å². The quantitative estimate of drug-likeness (QED) is 0.574. The molecule has 16 heavy (non-hydrogen) atoms. The summed E-state index contributed by atoms with van der Waals surface area (Å²) in [5, 5.41) is 0. The van der Waals surface area contributed by atoms with E-state index in [0.717, 1.165) is 11.5 Å². The molecule has 96 valence electrons. The smallest absolute Gasteiger partial charge is 0.105 e. The van der Waals surface area contributed by atoms with Crippen molar-refractivity contribution in [1.82, 2.24) is 0 Å². The first kappa shape index (κ1) is 17.7. The standard InChI is InChI=1S/C13H24O.C2H6/c1-8-11(10(3)4)14-12(9-2)13(5,6)7;1-2/h8-10H,1-7H3;1-2H3/b11-8-,12-9-;. The summed E-state index contributed by atoms with van der Waals surface area (Å²) >= 11 is 0. The van der Waals surface area contributed by atoms with Crippen LogP contribution in [0.4, 0.5) is 0 Å². The summed E-state index contributed by atoms with van der Waals surface area (Å²) in [6.45, 7) is 18.8. The molecule has 0 saturated heterocycles. The summed E-state index contributed by atoms with van der Waals surface area (Å²) in [7, 11) is 0. The molecule has 0 aliphatic heterocycles. The van der Waals surface area contributed by atoms with Gasteiger partial charge in [0.25, 0.3) is 0 Å². The van der Waals surface area contributed by atoms with Crippen LogP contribution < -0.4 is 0 Å². The highest BCUT2D eigenvalue weighted by Crippen LogP contribution is 2.29. The minimum Gasteiger partial charge on any atom is -0.466 e. The van der Waals surface area contributed by atoms with Gasteiger partial charge in [0.05, 0.1) is 0 Å². The van der Waals surface area contributed by atoms with Crippen molar-refractivity contribution >= 4 is 0 Å². The Morgan fingerprint density at radius 3 is 1.62 bits per heavy atom. The first-order chi connectivity index (χ1) is 7.32. The number of hydrogen-bond donors (Lipinski definition) is 0. The van der Waals surface area contributed by atoms with Gasteiger partial charge in [-0.3, -0.25) is 0 Å². The van der Waals surface area contributed by atoms with E-state index in [1.807, 2.05) is 39.8 Å². The van der Waals surface area contributed by atoms with Gasteiger partial charge in [-0.05, 0) is 26.0 Å². The van der Waals surface area contributed by atoms with Crippen LogP contribution >= 0.6 is 0 Å². The van der Waals surface area contributed by atoms with Crippen LogP contribution in [0.1, 0.15) is 62.3 Å². The van der Waals surface area contributed by atoms with E-state index in [1.54, 1.807) is 0 Å². The monoisotopic (exact) mass is 226 g/mol. The van der Waals surface area contributed by atoms with Gasteiger partial charge in [-0.25, -0.2) is 0 Å². The zero-order chi connectivity index (χ0) is 13.4. The third-order valence-corrected chi connectivity index (χ3v) is 2.08. The molecule has 0 amide bonds. The Hall–Kier alpha value is -0.720. The number of rotatable bonds is 3. The third-order valence-electron chi connectivity index (χ3n) is 2.08. The number of allylic oxidation sites excluding steroid dienone is 4. The Kier molecular flexibility index (Phi) is 9.31. The Balaban J connectivity index is 0. The van der Waals surface area contributed by atoms with Crippen molar-refractivity contribution in [2.45, 2.75) is 62.3 Å². The van der Waals surface area contributed by atoms with Crippen LogP contribution in [0.5, 0.6) is 0 Å². The second-order valence-corrected chi connectivity index (χ2v) is 4.85. The number of hydrogen-bond acceptors (Lipinski definition) is 1. The summed E-state index contributed by atoms with van der Waals surface area (Å²) < 4.78 is 5.90. The van der Waals surface area contributed by atoms with Gasteiger partial charge < -0.3 is 4.74 Å². The summed E-state index contributed by atoms with van der Waals surface area (Å²) in [6.07, 6.45) is 4.09. The maximum Gasteiger partial charge on any atom is 0.105 e. The van der Waals surface area contributed by atoms with E-state index < -0.39 is 0 Å². The van der Waals surface area contributed by atoms with Crippen molar-refractivity contribution < 1.29 is 4.74 Å². The molecule has 0 radical (unpaired) electrons. The molecule has 0 aromatic rings. The van der Waals surface area contributed by atoms with Crippen LogP contribution in [-0.4, -0.2) is 0 Å². The lowest BCUT2D eigenvalue weighted by Crippen LogP contribution is -2.13.